The lowest BCUT2D eigenvalue weighted by molar-refractivity contribution is -0.194. The van der Waals surface area contributed by atoms with Crippen molar-refractivity contribution in [1.82, 2.24) is 10.2 Å². The number of carbonyl (C=O) groups excluding carboxylic acids is 2. The number of carboxylic acids is 1. The molecule has 0 aromatic heterocycles. The van der Waals surface area contributed by atoms with Gasteiger partial charge in [-0.05, 0) is 42.7 Å². The first-order valence-electron chi connectivity index (χ1n) is 9.40. The van der Waals surface area contributed by atoms with Crippen molar-refractivity contribution < 1.29 is 24.2 Å². The monoisotopic (exact) mass is 396 g/mol. The van der Waals surface area contributed by atoms with Gasteiger partial charge in [0.25, 0.3) is 0 Å². The molecule has 0 spiro atoms. The second-order valence-electron chi connectivity index (χ2n) is 7.56. The van der Waals surface area contributed by atoms with Crippen LogP contribution in [0, 0.1) is 11.3 Å². The number of rotatable bonds is 6. The van der Waals surface area contributed by atoms with E-state index in [4.69, 9.17) is 9.84 Å². The average Bonchev–Trinajstić information content (AvgIpc) is 2.72. The van der Waals surface area contributed by atoms with Crippen LogP contribution in [0.25, 0.3) is 0 Å². The number of urea groups is 1. The third-order valence-corrected chi connectivity index (χ3v) is 5.48. The smallest absolute Gasteiger partial charge is 0.335 e. The van der Waals surface area contributed by atoms with E-state index >= 15 is 0 Å². The van der Waals surface area contributed by atoms with Gasteiger partial charge in [-0.25, -0.2) is 14.5 Å². The summed E-state index contributed by atoms with van der Waals surface area (Å²) < 4.78 is 5.97. The van der Waals surface area contributed by atoms with Crippen LogP contribution in [-0.2, 0) is 11.3 Å². The first-order valence-corrected chi connectivity index (χ1v) is 9.40. The van der Waals surface area contributed by atoms with Crippen molar-refractivity contribution in [1.29, 1.82) is 0 Å². The van der Waals surface area contributed by atoms with Crippen molar-refractivity contribution in [2.45, 2.75) is 33.5 Å². The summed E-state index contributed by atoms with van der Waals surface area (Å²) in [6.07, 6.45) is -0.790. The van der Waals surface area contributed by atoms with Gasteiger partial charge >= 0.3 is 12.0 Å². The lowest BCUT2D eigenvalue weighted by Crippen LogP contribution is -2.74. The lowest BCUT2D eigenvalue weighted by atomic mass is 9.69. The summed E-state index contributed by atoms with van der Waals surface area (Å²) >= 11 is 0. The number of nitrogens with one attached hydrogen (secondary N) is 1. The number of carbonyl (C=O) groups is 3. The fraction of sp³-hybridized carbons (Fsp3) is 0.318. The molecular weight excluding hydrogens is 372 g/mol. The first-order chi connectivity index (χ1) is 13.7. The van der Waals surface area contributed by atoms with Crippen LogP contribution >= 0.6 is 0 Å². The Bertz CT molecular complexity index is 911. The van der Waals surface area contributed by atoms with Crippen LogP contribution in [0.1, 0.15) is 36.7 Å². The zero-order valence-corrected chi connectivity index (χ0v) is 16.6. The molecule has 1 aliphatic rings. The van der Waals surface area contributed by atoms with E-state index in [-0.39, 0.29) is 17.4 Å². The van der Waals surface area contributed by atoms with Crippen LogP contribution in [0.4, 0.5) is 4.79 Å². The maximum absolute atomic E-state index is 12.8. The summed E-state index contributed by atoms with van der Waals surface area (Å²) in [7, 11) is 0. The van der Waals surface area contributed by atoms with Gasteiger partial charge in [0.15, 0.2) is 6.23 Å². The van der Waals surface area contributed by atoms with Crippen LogP contribution in [0.3, 0.4) is 0 Å². The SMILES string of the molecule is CC(C)[C@@]1(C)C(=O)N(C(=O)NCc2ccccc2)[C@H]1Oc1ccc(C(=O)O)cc1. The number of β-lactam (4-membered cyclic amide) rings is 1. The molecular formula is C22H24N2O5. The van der Waals surface area contributed by atoms with Gasteiger partial charge in [-0.15, -0.1) is 0 Å². The van der Waals surface area contributed by atoms with E-state index < -0.39 is 23.6 Å². The third-order valence-electron chi connectivity index (χ3n) is 5.48. The molecule has 0 saturated carbocycles. The molecule has 7 nitrogen and oxygen atoms in total. The Morgan fingerprint density at radius 3 is 2.31 bits per heavy atom. The second-order valence-corrected chi connectivity index (χ2v) is 7.56. The van der Waals surface area contributed by atoms with Gasteiger partial charge < -0.3 is 15.2 Å². The molecule has 3 amide bonds. The van der Waals surface area contributed by atoms with Crippen LogP contribution in [0.15, 0.2) is 54.6 Å². The largest absolute Gasteiger partial charge is 0.478 e. The van der Waals surface area contributed by atoms with Gasteiger partial charge in [0.1, 0.15) is 11.2 Å². The number of imide groups is 1. The molecule has 152 valence electrons. The minimum absolute atomic E-state index is 0.0588. The number of likely N-dealkylation sites (tertiary alicyclic amines) is 1. The molecule has 7 heteroatoms. The highest BCUT2D eigenvalue weighted by atomic mass is 16.5. The molecule has 2 aromatic rings. The molecule has 0 aliphatic carbocycles. The van der Waals surface area contributed by atoms with E-state index in [2.05, 4.69) is 5.32 Å². The van der Waals surface area contributed by atoms with Crippen molar-refractivity contribution in [2.75, 3.05) is 0 Å². The molecule has 1 aliphatic heterocycles. The predicted octanol–water partition coefficient (Wildman–Crippen LogP) is 3.50. The van der Waals surface area contributed by atoms with Crippen LogP contribution in [0.2, 0.25) is 0 Å². The number of aromatic carboxylic acids is 1. The van der Waals surface area contributed by atoms with E-state index in [0.29, 0.717) is 12.3 Å². The predicted molar refractivity (Wildman–Crippen MR) is 106 cm³/mol. The molecule has 0 unspecified atom stereocenters. The van der Waals surface area contributed by atoms with Gasteiger partial charge in [0, 0.05) is 6.54 Å². The highest BCUT2D eigenvalue weighted by molar-refractivity contribution is 6.03. The van der Waals surface area contributed by atoms with E-state index in [1.54, 1.807) is 6.92 Å². The molecule has 2 N–H and O–H groups in total. The zero-order valence-electron chi connectivity index (χ0n) is 16.6. The van der Waals surface area contributed by atoms with Crippen molar-refractivity contribution >= 4 is 17.9 Å². The van der Waals surface area contributed by atoms with Crippen molar-refractivity contribution in [3.8, 4) is 5.75 Å². The number of nitrogens with zero attached hydrogens (tertiary/aromatic N) is 1. The standard InChI is InChI=1S/C22H24N2O5/c1-14(2)22(3)19(27)24(21(28)23-13-15-7-5-4-6-8-15)20(22)29-17-11-9-16(10-12-17)18(25)26/h4-12,14,20H,13H2,1-3H3,(H,23,28)(H,25,26)/t20-,22-/m0/s1. The maximum Gasteiger partial charge on any atom is 0.335 e. The molecule has 29 heavy (non-hydrogen) atoms. The number of hydrogen-bond acceptors (Lipinski definition) is 4. The quantitative estimate of drug-likeness (QED) is 0.729. The van der Waals surface area contributed by atoms with E-state index in [1.807, 2.05) is 44.2 Å². The summed E-state index contributed by atoms with van der Waals surface area (Å²) in [6.45, 7) is 5.88. The Kier molecular flexibility index (Phi) is 5.59. The topological polar surface area (TPSA) is 95.9 Å². The number of carboxylic acid groups (broad SMARTS) is 1. The molecule has 2 atom stereocenters. The molecule has 2 aromatic carbocycles. The Morgan fingerprint density at radius 1 is 1.14 bits per heavy atom. The Hall–Kier alpha value is -3.35. The third kappa shape index (κ3) is 3.81. The number of benzene rings is 2. The Balaban J connectivity index is 1.77. The zero-order chi connectivity index (χ0) is 21.2. The van der Waals surface area contributed by atoms with Crippen LogP contribution < -0.4 is 10.1 Å². The fourth-order valence-corrected chi connectivity index (χ4v) is 3.24. The number of ether oxygens (including phenoxy) is 1. The summed E-state index contributed by atoms with van der Waals surface area (Å²) in [5, 5.41) is 11.8. The highest BCUT2D eigenvalue weighted by Crippen LogP contribution is 2.45. The second kappa shape index (κ2) is 7.95. The minimum Gasteiger partial charge on any atom is -0.478 e. The molecule has 0 bridgehead atoms. The number of hydrogen-bond donors (Lipinski definition) is 2. The van der Waals surface area contributed by atoms with Gasteiger partial charge in [-0.1, -0.05) is 44.2 Å². The average molecular weight is 396 g/mol. The van der Waals surface area contributed by atoms with Crippen molar-refractivity contribution in [3.63, 3.8) is 0 Å². The van der Waals surface area contributed by atoms with Crippen LogP contribution in [-0.4, -0.2) is 34.1 Å². The molecule has 3 rings (SSSR count). The normalized spacial score (nSPS) is 20.9. The van der Waals surface area contributed by atoms with E-state index in [9.17, 15) is 14.4 Å². The fourth-order valence-electron chi connectivity index (χ4n) is 3.24. The lowest BCUT2D eigenvalue weighted by Gasteiger charge is -2.53. The number of amides is 3. The van der Waals surface area contributed by atoms with Gasteiger partial charge in [0.05, 0.1) is 5.56 Å². The molecule has 1 saturated heterocycles. The van der Waals surface area contributed by atoms with Gasteiger partial charge in [-0.2, -0.15) is 0 Å². The maximum atomic E-state index is 12.8. The van der Waals surface area contributed by atoms with Crippen LogP contribution in [0.5, 0.6) is 5.75 Å². The molecule has 1 fully saturated rings. The van der Waals surface area contributed by atoms with Gasteiger partial charge in [0.2, 0.25) is 5.91 Å². The minimum atomic E-state index is -1.04. The summed E-state index contributed by atoms with van der Waals surface area (Å²) in [6, 6.07) is 14.8. The summed E-state index contributed by atoms with van der Waals surface area (Å²) in [4.78, 5) is 37.6. The molecule has 1 heterocycles. The van der Waals surface area contributed by atoms with Crippen molar-refractivity contribution in [3.05, 3.63) is 65.7 Å². The van der Waals surface area contributed by atoms with Gasteiger partial charge in [-0.3, -0.25) is 4.79 Å². The summed E-state index contributed by atoms with van der Waals surface area (Å²) in [5.41, 5.74) is 0.184. The Labute approximate surface area is 169 Å². The summed E-state index contributed by atoms with van der Waals surface area (Å²) in [5.74, 6) is -1.01. The Morgan fingerprint density at radius 2 is 1.76 bits per heavy atom. The first kappa shape index (κ1) is 20.4. The molecule has 0 radical (unpaired) electrons. The highest BCUT2D eigenvalue weighted by Gasteiger charge is 2.63. The van der Waals surface area contributed by atoms with E-state index in [1.165, 1.54) is 24.3 Å². The van der Waals surface area contributed by atoms with E-state index in [0.717, 1.165) is 10.5 Å². The van der Waals surface area contributed by atoms with Crippen molar-refractivity contribution in [2.24, 2.45) is 11.3 Å².